The Kier molecular flexibility index (Phi) is 3.38. The van der Waals surface area contributed by atoms with Crippen molar-refractivity contribution in [1.82, 2.24) is 10.1 Å². The number of aryl methyl sites for hydroxylation is 1. The average molecular weight is 268 g/mol. The zero-order valence-corrected chi connectivity index (χ0v) is 11.4. The maximum absolute atomic E-state index is 8.84. The Labute approximate surface area is 117 Å². The minimum Gasteiger partial charge on any atom is -0.371 e. The van der Waals surface area contributed by atoms with Crippen LogP contribution in [0.1, 0.15) is 36.0 Å². The fourth-order valence-corrected chi connectivity index (χ4v) is 2.64. The van der Waals surface area contributed by atoms with Gasteiger partial charge in [-0.15, -0.1) is 0 Å². The molecule has 0 radical (unpaired) electrons. The second kappa shape index (κ2) is 5.33. The van der Waals surface area contributed by atoms with Crippen LogP contribution in [0.3, 0.4) is 0 Å². The van der Waals surface area contributed by atoms with Crippen LogP contribution in [0.25, 0.3) is 0 Å². The third kappa shape index (κ3) is 2.50. The molecule has 5 nitrogen and oxygen atoms in total. The fraction of sp³-hybridized carbons (Fsp3) is 0.400. The van der Waals surface area contributed by atoms with E-state index >= 15 is 0 Å². The fourth-order valence-electron chi connectivity index (χ4n) is 2.64. The zero-order valence-electron chi connectivity index (χ0n) is 11.4. The van der Waals surface area contributed by atoms with Crippen LogP contribution in [0, 0.1) is 18.3 Å². The van der Waals surface area contributed by atoms with Crippen LogP contribution in [0.15, 0.2) is 28.8 Å². The van der Waals surface area contributed by atoms with E-state index in [0.29, 0.717) is 17.3 Å². The Hall–Kier alpha value is -2.35. The largest absolute Gasteiger partial charge is 0.371 e. The molecule has 1 aliphatic rings. The van der Waals surface area contributed by atoms with Crippen LogP contribution >= 0.6 is 0 Å². The van der Waals surface area contributed by atoms with Crippen LogP contribution in [-0.2, 0) is 0 Å². The number of benzene rings is 1. The Balaban J connectivity index is 1.76. The van der Waals surface area contributed by atoms with Gasteiger partial charge in [-0.1, -0.05) is 5.16 Å². The van der Waals surface area contributed by atoms with Crippen molar-refractivity contribution >= 4 is 5.69 Å². The lowest BCUT2D eigenvalue weighted by atomic mass is 9.97. The number of piperidine rings is 1. The molecule has 2 aromatic rings. The Morgan fingerprint density at radius 1 is 1.35 bits per heavy atom. The number of nitrogens with zero attached hydrogens (tertiary/aromatic N) is 4. The molecule has 2 heterocycles. The normalized spacial score (nSPS) is 18.8. The van der Waals surface area contributed by atoms with E-state index in [4.69, 9.17) is 9.78 Å². The van der Waals surface area contributed by atoms with Crippen molar-refractivity contribution in [3.05, 3.63) is 41.5 Å². The molecule has 20 heavy (non-hydrogen) atoms. The molecule has 1 aliphatic heterocycles. The SMILES string of the molecule is Cc1noc(C2CCCN(c3ccc(C#N)cc3)C2)n1. The maximum Gasteiger partial charge on any atom is 0.231 e. The summed E-state index contributed by atoms with van der Waals surface area (Å²) in [6.07, 6.45) is 2.18. The van der Waals surface area contributed by atoms with Crippen molar-refractivity contribution < 1.29 is 4.52 Å². The van der Waals surface area contributed by atoms with Crippen LogP contribution in [0.4, 0.5) is 5.69 Å². The van der Waals surface area contributed by atoms with Gasteiger partial charge in [0.25, 0.3) is 0 Å². The second-order valence-corrected chi connectivity index (χ2v) is 5.12. The molecule has 0 bridgehead atoms. The van der Waals surface area contributed by atoms with Crippen LogP contribution in [-0.4, -0.2) is 23.2 Å². The first kappa shape index (κ1) is 12.7. The molecule has 1 aromatic heterocycles. The molecule has 1 saturated heterocycles. The first-order valence-corrected chi connectivity index (χ1v) is 6.81. The lowest BCUT2D eigenvalue weighted by Crippen LogP contribution is -2.34. The summed E-state index contributed by atoms with van der Waals surface area (Å²) in [5.41, 5.74) is 1.83. The lowest BCUT2D eigenvalue weighted by molar-refractivity contribution is 0.331. The van der Waals surface area contributed by atoms with Gasteiger partial charge in [-0.25, -0.2) is 0 Å². The smallest absolute Gasteiger partial charge is 0.231 e. The standard InChI is InChI=1S/C15H16N4O/c1-11-17-15(20-18-11)13-3-2-8-19(10-13)14-6-4-12(9-16)5-7-14/h4-7,13H,2-3,8,10H2,1H3. The summed E-state index contributed by atoms with van der Waals surface area (Å²) in [4.78, 5) is 6.66. The van der Waals surface area contributed by atoms with Gasteiger partial charge in [-0.2, -0.15) is 10.2 Å². The Morgan fingerprint density at radius 3 is 2.80 bits per heavy atom. The third-order valence-electron chi connectivity index (χ3n) is 3.68. The van der Waals surface area contributed by atoms with Crippen molar-refractivity contribution in [2.24, 2.45) is 0 Å². The number of aromatic nitrogens is 2. The second-order valence-electron chi connectivity index (χ2n) is 5.12. The van der Waals surface area contributed by atoms with Crippen LogP contribution in [0.5, 0.6) is 0 Å². The summed E-state index contributed by atoms with van der Waals surface area (Å²) in [6, 6.07) is 9.86. The van der Waals surface area contributed by atoms with E-state index < -0.39 is 0 Å². The lowest BCUT2D eigenvalue weighted by Gasteiger charge is -2.32. The maximum atomic E-state index is 8.84. The predicted molar refractivity (Wildman–Crippen MR) is 74.4 cm³/mol. The van der Waals surface area contributed by atoms with Gasteiger partial charge in [-0.3, -0.25) is 0 Å². The molecule has 0 N–H and O–H groups in total. The molecule has 3 rings (SSSR count). The molecule has 102 valence electrons. The van der Waals surface area contributed by atoms with Crippen molar-refractivity contribution in [2.75, 3.05) is 18.0 Å². The number of rotatable bonds is 2. The van der Waals surface area contributed by atoms with E-state index in [1.54, 1.807) is 0 Å². The Bertz CT molecular complexity index is 626. The van der Waals surface area contributed by atoms with Gasteiger partial charge >= 0.3 is 0 Å². The highest BCUT2D eigenvalue weighted by atomic mass is 16.5. The van der Waals surface area contributed by atoms with Crippen LogP contribution < -0.4 is 4.90 Å². The summed E-state index contributed by atoms with van der Waals surface area (Å²) in [7, 11) is 0. The monoisotopic (exact) mass is 268 g/mol. The molecular formula is C15H16N4O. The van der Waals surface area contributed by atoms with E-state index in [2.05, 4.69) is 21.1 Å². The Morgan fingerprint density at radius 2 is 2.15 bits per heavy atom. The first-order chi connectivity index (χ1) is 9.76. The van der Waals surface area contributed by atoms with Crippen LogP contribution in [0.2, 0.25) is 0 Å². The molecule has 1 atom stereocenters. The summed E-state index contributed by atoms with van der Waals surface area (Å²) in [6.45, 7) is 3.75. The number of hydrogen-bond donors (Lipinski definition) is 0. The zero-order chi connectivity index (χ0) is 13.9. The van der Waals surface area contributed by atoms with Crippen molar-refractivity contribution in [2.45, 2.75) is 25.7 Å². The summed E-state index contributed by atoms with van der Waals surface area (Å²) < 4.78 is 5.29. The third-order valence-corrected chi connectivity index (χ3v) is 3.68. The summed E-state index contributed by atoms with van der Waals surface area (Å²) in [5.74, 6) is 1.72. The van der Waals surface area contributed by atoms with Gasteiger partial charge in [0.05, 0.1) is 17.6 Å². The van der Waals surface area contributed by atoms with Crippen molar-refractivity contribution in [3.8, 4) is 6.07 Å². The van der Waals surface area contributed by atoms with Gasteiger partial charge in [0.2, 0.25) is 5.89 Å². The van der Waals surface area contributed by atoms with E-state index in [-0.39, 0.29) is 0 Å². The van der Waals surface area contributed by atoms with Gasteiger partial charge in [0.1, 0.15) is 0 Å². The molecule has 0 amide bonds. The quantitative estimate of drug-likeness (QED) is 0.837. The topological polar surface area (TPSA) is 66.0 Å². The van der Waals surface area contributed by atoms with E-state index in [0.717, 1.165) is 37.5 Å². The molecule has 0 spiro atoms. The molecule has 1 unspecified atom stereocenters. The van der Waals surface area contributed by atoms with Gasteiger partial charge in [0, 0.05) is 18.8 Å². The van der Waals surface area contributed by atoms with Gasteiger partial charge in [-0.05, 0) is 44.0 Å². The minimum absolute atomic E-state index is 0.292. The van der Waals surface area contributed by atoms with E-state index in [1.807, 2.05) is 31.2 Å². The highest BCUT2D eigenvalue weighted by Gasteiger charge is 2.25. The van der Waals surface area contributed by atoms with Gasteiger partial charge in [0.15, 0.2) is 5.82 Å². The minimum atomic E-state index is 0.292. The van der Waals surface area contributed by atoms with Gasteiger partial charge < -0.3 is 9.42 Å². The predicted octanol–water partition coefficient (Wildman–Crippen LogP) is 2.63. The molecular weight excluding hydrogens is 252 g/mol. The molecule has 5 heteroatoms. The molecule has 0 aliphatic carbocycles. The number of anilines is 1. The highest BCUT2D eigenvalue weighted by molar-refractivity contribution is 5.50. The molecule has 0 saturated carbocycles. The molecule has 1 aromatic carbocycles. The van der Waals surface area contributed by atoms with E-state index in [9.17, 15) is 0 Å². The van der Waals surface area contributed by atoms with E-state index in [1.165, 1.54) is 0 Å². The highest BCUT2D eigenvalue weighted by Crippen LogP contribution is 2.29. The average Bonchev–Trinajstić information content (AvgIpc) is 2.94. The number of hydrogen-bond acceptors (Lipinski definition) is 5. The summed E-state index contributed by atoms with van der Waals surface area (Å²) >= 11 is 0. The first-order valence-electron chi connectivity index (χ1n) is 6.81. The summed E-state index contributed by atoms with van der Waals surface area (Å²) in [5, 5.41) is 12.7. The van der Waals surface area contributed by atoms with Crippen molar-refractivity contribution in [3.63, 3.8) is 0 Å². The molecule has 1 fully saturated rings. The number of nitriles is 1. The van der Waals surface area contributed by atoms with Crippen molar-refractivity contribution in [1.29, 1.82) is 5.26 Å².